The Labute approximate surface area is 163 Å². The first kappa shape index (κ1) is 23.0. The Kier molecular flexibility index (Phi) is 13.7. The molecule has 3 N–H and O–H groups in total. The highest BCUT2D eigenvalue weighted by Crippen LogP contribution is 2.12. The second kappa shape index (κ2) is 14.3. The monoisotopic (exact) mass is 449 g/mol. The van der Waals surface area contributed by atoms with Gasteiger partial charge in [0.2, 0.25) is 0 Å². The molecule has 24 heavy (non-hydrogen) atoms. The van der Waals surface area contributed by atoms with Gasteiger partial charge in [0, 0.05) is 13.1 Å². The molecule has 0 amide bonds. The largest absolute Gasteiger partial charge is 0.491 e. The van der Waals surface area contributed by atoms with Gasteiger partial charge in [0.25, 0.3) is 0 Å². The van der Waals surface area contributed by atoms with Crippen LogP contribution in [0.1, 0.15) is 38.7 Å². The Morgan fingerprint density at radius 3 is 2.71 bits per heavy atom. The topological polar surface area (TPSA) is 65.9 Å². The molecule has 0 radical (unpaired) electrons. The van der Waals surface area contributed by atoms with Crippen molar-refractivity contribution in [2.45, 2.75) is 46.1 Å². The van der Waals surface area contributed by atoms with E-state index in [2.05, 4.69) is 22.5 Å². The summed E-state index contributed by atoms with van der Waals surface area (Å²) in [5.74, 6) is 1.52. The van der Waals surface area contributed by atoms with Gasteiger partial charge in [0.1, 0.15) is 18.5 Å². The minimum absolute atomic E-state index is 0. The highest BCUT2D eigenvalue weighted by atomic mass is 127. The number of guanidine groups is 1. The summed E-state index contributed by atoms with van der Waals surface area (Å²) in [6.45, 7) is 8.48. The van der Waals surface area contributed by atoms with Gasteiger partial charge in [0.05, 0.1) is 6.54 Å². The molecule has 0 spiro atoms. The molecule has 0 bridgehead atoms. The third-order valence-electron chi connectivity index (χ3n) is 3.31. The number of aliphatic hydroxyl groups excluding tert-OH is 1. The van der Waals surface area contributed by atoms with Gasteiger partial charge in [-0.2, -0.15) is 0 Å². The quantitative estimate of drug-likeness (QED) is 0.222. The van der Waals surface area contributed by atoms with E-state index < -0.39 is 6.10 Å². The first-order chi connectivity index (χ1) is 11.2. The van der Waals surface area contributed by atoms with Crippen molar-refractivity contribution in [1.82, 2.24) is 10.6 Å². The average Bonchev–Trinajstić information content (AvgIpc) is 2.54. The molecule has 0 fully saturated rings. The first-order valence-electron chi connectivity index (χ1n) is 8.55. The summed E-state index contributed by atoms with van der Waals surface area (Å²) in [4.78, 5) is 4.41. The molecule has 0 aliphatic heterocycles. The minimum atomic E-state index is -0.624. The van der Waals surface area contributed by atoms with Crippen molar-refractivity contribution in [3.8, 4) is 5.75 Å². The van der Waals surface area contributed by atoms with Crippen LogP contribution in [0.5, 0.6) is 5.75 Å². The van der Waals surface area contributed by atoms with Gasteiger partial charge in [-0.15, -0.1) is 24.0 Å². The lowest BCUT2D eigenvalue weighted by Crippen LogP contribution is -2.38. The number of nitrogens with zero attached hydrogens (tertiary/aromatic N) is 1. The van der Waals surface area contributed by atoms with Crippen LogP contribution in [0.3, 0.4) is 0 Å². The van der Waals surface area contributed by atoms with Crippen LogP contribution in [0.4, 0.5) is 0 Å². The molecule has 0 aromatic heterocycles. The minimum Gasteiger partial charge on any atom is -0.491 e. The van der Waals surface area contributed by atoms with Gasteiger partial charge >= 0.3 is 0 Å². The van der Waals surface area contributed by atoms with Crippen LogP contribution in [0, 0.1) is 6.92 Å². The molecule has 0 aliphatic rings. The fraction of sp³-hybridized carbons (Fsp3) is 0.611. The Balaban J connectivity index is 0.00000529. The van der Waals surface area contributed by atoms with E-state index in [4.69, 9.17) is 4.74 Å². The second-order valence-electron chi connectivity index (χ2n) is 5.63. The molecule has 5 nitrogen and oxygen atoms in total. The van der Waals surface area contributed by atoms with Gasteiger partial charge in [-0.05, 0) is 38.0 Å². The standard InChI is InChI=1S/C18H31N3O2.HI/c1-4-6-7-11-20-18(19-5-2)21-13-16(22)14-23-17-10-8-9-15(3)12-17;/h8-10,12,16,22H,4-7,11,13-14H2,1-3H3,(H2,19,20,21);1H. The predicted molar refractivity (Wildman–Crippen MR) is 112 cm³/mol. The van der Waals surface area contributed by atoms with E-state index in [1.54, 1.807) is 0 Å². The number of aryl methyl sites for hydroxylation is 1. The van der Waals surface area contributed by atoms with Crippen molar-refractivity contribution in [2.24, 2.45) is 4.99 Å². The Hall–Kier alpha value is -1.02. The van der Waals surface area contributed by atoms with E-state index in [-0.39, 0.29) is 30.6 Å². The fourth-order valence-electron chi connectivity index (χ4n) is 2.07. The van der Waals surface area contributed by atoms with Gasteiger partial charge in [-0.3, -0.25) is 4.99 Å². The van der Waals surface area contributed by atoms with Gasteiger partial charge in [-0.25, -0.2) is 0 Å². The van der Waals surface area contributed by atoms with Crippen LogP contribution >= 0.6 is 24.0 Å². The van der Waals surface area contributed by atoms with Crippen molar-refractivity contribution in [3.63, 3.8) is 0 Å². The summed E-state index contributed by atoms with van der Waals surface area (Å²) in [5.41, 5.74) is 1.14. The number of hydrogen-bond acceptors (Lipinski definition) is 3. The zero-order valence-corrected chi connectivity index (χ0v) is 17.4. The van der Waals surface area contributed by atoms with Crippen LogP contribution in [0.2, 0.25) is 0 Å². The van der Waals surface area contributed by atoms with E-state index in [9.17, 15) is 5.11 Å². The molecule has 1 rings (SSSR count). The molecule has 0 saturated heterocycles. The normalized spacial score (nSPS) is 12.2. The number of ether oxygens (including phenoxy) is 1. The maximum absolute atomic E-state index is 10.0. The summed E-state index contributed by atoms with van der Waals surface area (Å²) < 4.78 is 5.59. The van der Waals surface area contributed by atoms with Crippen LogP contribution < -0.4 is 15.4 Å². The highest BCUT2D eigenvalue weighted by Gasteiger charge is 2.06. The van der Waals surface area contributed by atoms with Crippen molar-refractivity contribution >= 4 is 29.9 Å². The molecular formula is C18H32IN3O2. The lowest BCUT2D eigenvalue weighted by Gasteiger charge is -2.14. The lowest BCUT2D eigenvalue weighted by atomic mass is 10.2. The first-order valence-corrected chi connectivity index (χ1v) is 8.55. The molecule has 1 aromatic rings. The third-order valence-corrected chi connectivity index (χ3v) is 3.31. The SMILES string of the molecule is CCCCCNC(=NCC(O)COc1cccc(C)c1)NCC.I. The fourth-order valence-corrected chi connectivity index (χ4v) is 2.07. The molecular weight excluding hydrogens is 417 g/mol. The maximum Gasteiger partial charge on any atom is 0.191 e. The van der Waals surface area contributed by atoms with Gasteiger partial charge in [0.15, 0.2) is 5.96 Å². The molecule has 138 valence electrons. The third kappa shape index (κ3) is 10.7. The number of unbranched alkanes of at least 4 members (excludes halogenated alkanes) is 2. The Bertz CT molecular complexity index is 469. The van der Waals surface area contributed by atoms with E-state index in [0.29, 0.717) is 6.54 Å². The highest BCUT2D eigenvalue weighted by molar-refractivity contribution is 14.0. The molecule has 1 atom stereocenters. The van der Waals surface area contributed by atoms with E-state index in [1.807, 2.05) is 38.1 Å². The molecule has 0 aliphatic carbocycles. The summed E-state index contributed by atoms with van der Waals surface area (Å²) in [6, 6.07) is 7.80. The van der Waals surface area contributed by atoms with Crippen LogP contribution in [0.15, 0.2) is 29.3 Å². The average molecular weight is 449 g/mol. The van der Waals surface area contributed by atoms with Gasteiger partial charge in [-0.1, -0.05) is 31.9 Å². The van der Waals surface area contributed by atoms with Crippen LogP contribution in [-0.2, 0) is 0 Å². The van der Waals surface area contributed by atoms with Crippen LogP contribution in [-0.4, -0.2) is 43.4 Å². The zero-order chi connectivity index (χ0) is 16.9. The molecule has 0 saturated carbocycles. The lowest BCUT2D eigenvalue weighted by molar-refractivity contribution is 0.114. The number of hydrogen-bond donors (Lipinski definition) is 3. The van der Waals surface area contributed by atoms with Crippen molar-refractivity contribution in [1.29, 1.82) is 0 Å². The Morgan fingerprint density at radius 2 is 2.04 bits per heavy atom. The summed E-state index contributed by atoms with van der Waals surface area (Å²) >= 11 is 0. The van der Waals surface area contributed by atoms with Crippen LogP contribution in [0.25, 0.3) is 0 Å². The van der Waals surface area contributed by atoms with Crippen molar-refractivity contribution < 1.29 is 9.84 Å². The number of aliphatic hydroxyl groups is 1. The number of nitrogens with one attached hydrogen (secondary N) is 2. The number of halogens is 1. The number of benzene rings is 1. The molecule has 1 unspecified atom stereocenters. The molecule has 6 heteroatoms. The predicted octanol–water partition coefficient (Wildman–Crippen LogP) is 3.10. The van der Waals surface area contributed by atoms with Crippen molar-refractivity contribution in [2.75, 3.05) is 26.2 Å². The van der Waals surface area contributed by atoms with E-state index in [0.717, 1.165) is 36.8 Å². The van der Waals surface area contributed by atoms with Crippen molar-refractivity contribution in [3.05, 3.63) is 29.8 Å². The zero-order valence-electron chi connectivity index (χ0n) is 15.0. The molecule has 1 aromatic carbocycles. The summed E-state index contributed by atoms with van der Waals surface area (Å²) in [7, 11) is 0. The summed E-state index contributed by atoms with van der Waals surface area (Å²) in [6.07, 6.45) is 2.91. The number of rotatable bonds is 10. The summed E-state index contributed by atoms with van der Waals surface area (Å²) in [5, 5.41) is 16.5. The van der Waals surface area contributed by atoms with E-state index in [1.165, 1.54) is 12.8 Å². The second-order valence-corrected chi connectivity index (χ2v) is 5.63. The van der Waals surface area contributed by atoms with E-state index >= 15 is 0 Å². The number of aliphatic imine (C=N–C) groups is 1. The molecule has 0 heterocycles. The van der Waals surface area contributed by atoms with Gasteiger partial charge < -0.3 is 20.5 Å². The Morgan fingerprint density at radius 1 is 1.25 bits per heavy atom. The maximum atomic E-state index is 10.0. The smallest absolute Gasteiger partial charge is 0.191 e.